The van der Waals surface area contributed by atoms with E-state index in [0.29, 0.717) is 18.8 Å². The lowest BCUT2D eigenvalue weighted by atomic mass is 10.2. The lowest BCUT2D eigenvalue weighted by Crippen LogP contribution is -2.28. The van der Waals surface area contributed by atoms with Gasteiger partial charge in [0.15, 0.2) is 0 Å². The highest BCUT2D eigenvalue weighted by atomic mass is 35.5. The minimum absolute atomic E-state index is 0.0237. The van der Waals surface area contributed by atoms with E-state index in [1.165, 1.54) is 13.2 Å². The Morgan fingerprint density at radius 1 is 1.40 bits per heavy atom. The van der Waals surface area contributed by atoms with Crippen LogP contribution in [0.2, 0.25) is 5.02 Å². The van der Waals surface area contributed by atoms with Gasteiger partial charge in [-0.3, -0.25) is 0 Å². The van der Waals surface area contributed by atoms with E-state index in [0.717, 1.165) is 0 Å². The second kappa shape index (κ2) is 7.80. The summed E-state index contributed by atoms with van der Waals surface area (Å²) in [4.78, 5) is -0.0237. The topological polar surface area (TPSA) is 90.7 Å². The zero-order chi connectivity index (χ0) is 15.2. The number of methoxy groups -OCH3 is 1. The van der Waals surface area contributed by atoms with Gasteiger partial charge in [0.05, 0.1) is 13.7 Å². The molecule has 8 heteroatoms. The SMILES string of the molecule is CCOCCNS(=O)(=O)c1cc(Cl)cc(CN)c1OC. The van der Waals surface area contributed by atoms with Crippen LogP contribution in [0.4, 0.5) is 0 Å². The fourth-order valence-corrected chi connectivity index (χ4v) is 3.23. The molecule has 114 valence electrons. The third kappa shape index (κ3) is 4.32. The molecule has 0 atom stereocenters. The maximum Gasteiger partial charge on any atom is 0.244 e. The van der Waals surface area contributed by atoms with E-state index in [9.17, 15) is 8.42 Å². The number of benzene rings is 1. The van der Waals surface area contributed by atoms with Crippen molar-refractivity contribution in [3.8, 4) is 5.75 Å². The first-order valence-electron chi connectivity index (χ1n) is 6.10. The van der Waals surface area contributed by atoms with E-state index in [1.54, 1.807) is 6.07 Å². The fourth-order valence-electron chi connectivity index (χ4n) is 1.68. The summed E-state index contributed by atoms with van der Waals surface area (Å²) in [5, 5.41) is 0.288. The van der Waals surface area contributed by atoms with E-state index in [1.807, 2.05) is 6.92 Å². The minimum Gasteiger partial charge on any atom is -0.495 e. The molecule has 0 aliphatic heterocycles. The van der Waals surface area contributed by atoms with Crippen molar-refractivity contribution in [1.29, 1.82) is 0 Å². The standard InChI is InChI=1S/C12H19ClN2O4S/c1-3-19-5-4-15-20(16,17)11-7-10(13)6-9(8-14)12(11)18-2/h6-7,15H,3-5,8,14H2,1-2H3. The van der Waals surface area contributed by atoms with Crippen molar-refractivity contribution >= 4 is 21.6 Å². The summed E-state index contributed by atoms with van der Waals surface area (Å²) in [6, 6.07) is 2.92. The lowest BCUT2D eigenvalue weighted by Gasteiger charge is -2.14. The van der Waals surface area contributed by atoms with Crippen LogP contribution in [-0.2, 0) is 21.3 Å². The monoisotopic (exact) mass is 322 g/mol. The second-order valence-electron chi connectivity index (χ2n) is 3.90. The number of hydrogen-bond acceptors (Lipinski definition) is 5. The molecule has 0 fully saturated rings. The Labute approximate surface area is 124 Å². The van der Waals surface area contributed by atoms with Crippen LogP contribution in [0, 0.1) is 0 Å². The van der Waals surface area contributed by atoms with Crippen molar-refractivity contribution in [3.05, 3.63) is 22.7 Å². The number of nitrogens with one attached hydrogen (secondary N) is 1. The summed E-state index contributed by atoms with van der Waals surface area (Å²) in [5.41, 5.74) is 6.11. The average molecular weight is 323 g/mol. The predicted octanol–water partition coefficient (Wildman–Crippen LogP) is 1.12. The van der Waals surface area contributed by atoms with Gasteiger partial charge in [0, 0.05) is 30.3 Å². The highest BCUT2D eigenvalue weighted by molar-refractivity contribution is 7.89. The van der Waals surface area contributed by atoms with Gasteiger partial charge in [-0.1, -0.05) is 11.6 Å². The first-order chi connectivity index (χ1) is 9.46. The molecular weight excluding hydrogens is 304 g/mol. The summed E-state index contributed by atoms with van der Waals surface area (Å²) in [7, 11) is -2.34. The fraction of sp³-hybridized carbons (Fsp3) is 0.500. The second-order valence-corrected chi connectivity index (χ2v) is 6.07. The smallest absolute Gasteiger partial charge is 0.244 e. The number of nitrogens with two attached hydrogens (primary N) is 1. The van der Waals surface area contributed by atoms with Crippen LogP contribution in [0.1, 0.15) is 12.5 Å². The predicted molar refractivity (Wildman–Crippen MR) is 77.6 cm³/mol. The maximum absolute atomic E-state index is 12.2. The molecule has 0 aliphatic rings. The van der Waals surface area contributed by atoms with Gasteiger partial charge in [-0.2, -0.15) is 0 Å². The molecule has 0 amide bonds. The van der Waals surface area contributed by atoms with Crippen LogP contribution in [0.15, 0.2) is 17.0 Å². The molecule has 0 bridgehead atoms. The summed E-state index contributed by atoms with van der Waals surface area (Å²) < 4.78 is 37.2. The van der Waals surface area contributed by atoms with Gasteiger partial charge in [-0.05, 0) is 19.1 Å². The Morgan fingerprint density at radius 3 is 2.65 bits per heavy atom. The highest BCUT2D eigenvalue weighted by Gasteiger charge is 2.22. The Hall–Kier alpha value is -0.860. The van der Waals surface area contributed by atoms with Gasteiger partial charge in [0.1, 0.15) is 10.6 Å². The van der Waals surface area contributed by atoms with E-state index < -0.39 is 10.0 Å². The average Bonchev–Trinajstić information content (AvgIpc) is 2.42. The first kappa shape index (κ1) is 17.2. The molecule has 6 nitrogen and oxygen atoms in total. The molecule has 20 heavy (non-hydrogen) atoms. The highest BCUT2D eigenvalue weighted by Crippen LogP contribution is 2.31. The normalized spacial score (nSPS) is 11.6. The van der Waals surface area contributed by atoms with Crippen molar-refractivity contribution in [2.75, 3.05) is 26.9 Å². The van der Waals surface area contributed by atoms with Gasteiger partial charge in [0.25, 0.3) is 0 Å². The van der Waals surface area contributed by atoms with Crippen molar-refractivity contribution in [1.82, 2.24) is 4.72 Å². The van der Waals surface area contributed by atoms with E-state index in [2.05, 4.69) is 4.72 Å². The zero-order valence-electron chi connectivity index (χ0n) is 11.5. The van der Waals surface area contributed by atoms with Crippen molar-refractivity contribution in [2.24, 2.45) is 5.73 Å². The van der Waals surface area contributed by atoms with E-state index >= 15 is 0 Å². The molecule has 0 spiro atoms. The van der Waals surface area contributed by atoms with Crippen LogP contribution in [0.25, 0.3) is 0 Å². The molecule has 0 aliphatic carbocycles. The molecule has 1 rings (SSSR count). The molecule has 1 aromatic rings. The Balaban J connectivity index is 3.07. The van der Waals surface area contributed by atoms with Crippen molar-refractivity contribution in [2.45, 2.75) is 18.4 Å². The van der Waals surface area contributed by atoms with E-state index in [-0.39, 0.29) is 28.8 Å². The van der Waals surface area contributed by atoms with Crippen molar-refractivity contribution < 1.29 is 17.9 Å². The number of hydrogen-bond donors (Lipinski definition) is 2. The number of halogens is 1. The Kier molecular flexibility index (Phi) is 6.70. The van der Waals surface area contributed by atoms with E-state index in [4.69, 9.17) is 26.8 Å². The summed E-state index contributed by atoms with van der Waals surface area (Å²) in [5.74, 6) is 0.209. The molecule has 0 unspecified atom stereocenters. The van der Waals surface area contributed by atoms with Crippen LogP contribution in [-0.4, -0.2) is 35.3 Å². The first-order valence-corrected chi connectivity index (χ1v) is 7.96. The molecule has 0 aromatic heterocycles. The Morgan fingerprint density at radius 2 is 2.10 bits per heavy atom. The molecule has 3 N–H and O–H groups in total. The molecule has 0 heterocycles. The summed E-state index contributed by atoms with van der Waals surface area (Å²) in [6.45, 7) is 2.96. The van der Waals surface area contributed by atoms with Gasteiger partial charge in [-0.15, -0.1) is 0 Å². The van der Waals surface area contributed by atoms with Gasteiger partial charge in [0.2, 0.25) is 10.0 Å². The lowest BCUT2D eigenvalue weighted by molar-refractivity contribution is 0.153. The van der Waals surface area contributed by atoms with Gasteiger partial charge >= 0.3 is 0 Å². The van der Waals surface area contributed by atoms with Gasteiger partial charge < -0.3 is 15.2 Å². The number of rotatable bonds is 8. The van der Waals surface area contributed by atoms with Crippen LogP contribution in [0.3, 0.4) is 0 Å². The quantitative estimate of drug-likeness (QED) is 0.700. The molecule has 1 aromatic carbocycles. The van der Waals surface area contributed by atoms with Crippen LogP contribution < -0.4 is 15.2 Å². The van der Waals surface area contributed by atoms with Crippen LogP contribution >= 0.6 is 11.6 Å². The third-order valence-electron chi connectivity index (χ3n) is 2.55. The molecule has 0 saturated heterocycles. The van der Waals surface area contributed by atoms with Gasteiger partial charge in [-0.25, -0.2) is 13.1 Å². The summed E-state index contributed by atoms with van der Waals surface area (Å²) in [6.07, 6.45) is 0. The maximum atomic E-state index is 12.2. The van der Waals surface area contributed by atoms with Crippen molar-refractivity contribution in [3.63, 3.8) is 0 Å². The van der Waals surface area contributed by atoms with Crippen LogP contribution in [0.5, 0.6) is 5.75 Å². The Bertz CT molecular complexity index is 549. The molecule has 0 radical (unpaired) electrons. The zero-order valence-corrected chi connectivity index (χ0v) is 13.1. The minimum atomic E-state index is -3.73. The number of ether oxygens (including phenoxy) is 2. The third-order valence-corrected chi connectivity index (χ3v) is 4.24. The summed E-state index contributed by atoms with van der Waals surface area (Å²) >= 11 is 5.92. The molecule has 0 saturated carbocycles. The largest absolute Gasteiger partial charge is 0.495 e. The molecular formula is C12H19ClN2O4S. The number of sulfonamides is 1.